The maximum absolute atomic E-state index is 11.7. The van der Waals surface area contributed by atoms with Crippen LogP contribution in [0.25, 0.3) is 0 Å². The summed E-state index contributed by atoms with van der Waals surface area (Å²) in [6.07, 6.45) is 0. The number of methoxy groups -OCH3 is 2. The molecule has 2 rings (SSSR count). The normalized spacial score (nSPS) is 10.2. The molecule has 2 aromatic rings. The minimum atomic E-state index is -1.07. The minimum Gasteiger partial charge on any atom is -0.496 e. The summed E-state index contributed by atoms with van der Waals surface area (Å²) < 4.78 is 11.2. The van der Waals surface area contributed by atoms with Gasteiger partial charge in [-0.15, -0.1) is 5.10 Å². The van der Waals surface area contributed by atoms with Crippen LogP contribution in [-0.4, -0.2) is 35.1 Å². The molecule has 1 heterocycles. The van der Waals surface area contributed by atoms with Gasteiger partial charge in [0.15, 0.2) is 0 Å². The second-order valence-corrected chi connectivity index (χ2v) is 4.21. The molecule has 0 aliphatic carbocycles. The molecule has 0 saturated heterocycles. The zero-order valence-corrected chi connectivity index (χ0v) is 11.6. The molecular weight excluding hydrogens is 276 g/mol. The first-order valence-electron chi connectivity index (χ1n) is 6.07. The van der Waals surface area contributed by atoms with Crippen LogP contribution in [0.5, 0.6) is 11.6 Å². The number of ether oxygens (including phenoxy) is 2. The zero-order chi connectivity index (χ0) is 15.4. The molecule has 1 N–H and O–H groups in total. The largest absolute Gasteiger partial charge is 0.496 e. The number of aromatic carboxylic acids is 1. The van der Waals surface area contributed by atoms with Crippen LogP contribution in [0.4, 0.5) is 0 Å². The number of carboxylic acid groups (broad SMARTS) is 1. The van der Waals surface area contributed by atoms with Crippen molar-refractivity contribution in [1.82, 2.24) is 9.78 Å². The van der Waals surface area contributed by atoms with Crippen molar-refractivity contribution in [2.45, 2.75) is 6.54 Å². The SMILES string of the molecule is COc1ccc(=O)n(Cc2ccc(C(=O)O)c(OC)c2)n1. The number of nitrogens with zero attached hydrogens (tertiary/aromatic N) is 2. The van der Waals surface area contributed by atoms with Crippen LogP contribution >= 0.6 is 0 Å². The Morgan fingerprint density at radius 1 is 1.24 bits per heavy atom. The highest BCUT2D eigenvalue weighted by atomic mass is 16.5. The summed E-state index contributed by atoms with van der Waals surface area (Å²) in [6, 6.07) is 7.44. The van der Waals surface area contributed by atoms with Crippen LogP contribution in [0.1, 0.15) is 15.9 Å². The summed E-state index contributed by atoms with van der Waals surface area (Å²) in [5.74, 6) is -0.519. The number of hydrogen-bond acceptors (Lipinski definition) is 5. The summed E-state index contributed by atoms with van der Waals surface area (Å²) in [5.41, 5.74) is 0.476. The molecule has 0 amide bonds. The number of carboxylic acids is 1. The molecule has 0 aliphatic heterocycles. The van der Waals surface area contributed by atoms with E-state index < -0.39 is 5.97 Å². The van der Waals surface area contributed by atoms with Gasteiger partial charge in [0.05, 0.1) is 20.8 Å². The van der Waals surface area contributed by atoms with E-state index in [1.807, 2.05) is 0 Å². The first-order chi connectivity index (χ1) is 10.0. The van der Waals surface area contributed by atoms with Gasteiger partial charge in [-0.05, 0) is 17.7 Å². The van der Waals surface area contributed by atoms with Gasteiger partial charge in [-0.25, -0.2) is 9.48 Å². The van der Waals surface area contributed by atoms with Gasteiger partial charge >= 0.3 is 5.97 Å². The Morgan fingerprint density at radius 2 is 2.00 bits per heavy atom. The Hall–Kier alpha value is -2.83. The molecule has 0 fully saturated rings. The number of aromatic nitrogens is 2. The van der Waals surface area contributed by atoms with Crippen molar-refractivity contribution in [3.63, 3.8) is 0 Å². The van der Waals surface area contributed by atoms with Gasteiger partial charge in [0.25, 0.3) is 5.56 Å². The lowest BCUT2D eigenvalue weighted by Crippen LogP contribution is -2.22. The van der Waals surface area contributed by atoms with Crippen molar-refractivity contribution in [1.29, 1.82) is 0 Å². The van der Waals surface area contributed by atoms with E-state index >= 15 is 0 Å². The molecule has 110 valence electrons. The molecule has 0 spiro atoms. The van der Waals surface area contributed by atoms with E-state index in [0.29, 0.717) is 11.4 Å². The Balaban J connectivity index is 2.36. The fraction of sp³-hybridized carbons (Fsp3) is 0.214. The summed E-state index contributed by atoms with van der Waals surface area (Å²) in [5, 5.41) is 13.0. The Kier molecular flexibility index (Phi) is 4.22. The second-order valence-electron chi connectivity index (χ2n) is 4.21. The van der Waals surface area contributed by atoms with Crippen LogP contribution < -0.4 is 15.0 Å². The second kappa shape index (κ2) is 6.08. The van der Waals surface area contributed by atoms with Gasteiger partial charge in [-0.1, -0.05) is 6.07 Å². The summed E-state index contributed by atoms with van der Waals surface area (Å²) >= 11 is 0. The van der Waals surface area contributed by atoms with Crippen LogP contribution in [0.3, 0.4) is 0 Å². The Bertz CT molecular complexity index is 724. The number of hydrogen-bond donors (Lipinski definition) is 1. The van der Waals surface area contributed by atoms with Gasteiger partial charge in [-0.3, -0.25) is 4.79 Å². The lowest BCUT2D eigenvalue weighted by molar-refractivity contribution is 0.0693. The summed E-state index contributed by atoms with van der Waals surface area (Å²) in [6.45, 7) is 0.187. The molecule has 7 heteroatoms. The lowest BCUT2D eigenvalue weighted by atomic mass is 10.1. The average molecular weight is 290 g/mol. The third kappa shape index (κ3) is 3.19. The standard InChI is InChI=1S/C14H14N2O5/c1-20-11-7-9(3-4-10(11)14(18)19)8-16-13(17)6-5-12(15-16)21-2/h3-7H,8H2,1-2H3,(H,18,19). The average Bonchev–Trinajstić information content (AvgIpc) is 2.49. The van der Waals surface area contributed by atoms with Crippen molar-refractivity contribution >= 4 is 5.97 Å². The van der Waals surface area contributed by atoms with E-state index in [0.717, 1.165) is 0 Å². The van der Waals surface area contributed by atoms with Gasteiger partial charge in [0.2, 0.25) is 5.88 Å². The molecule has 21 heavy (non-hydrogen) atoms. The molecule has 1 aromatic carbocycles. The van der Waals surface area contributed by atoms with E-state index in [1.54, 1.807) is 12.1 Å². The highest BCUT2D eigenvalue weighted by molar-refractivity contribution is 5.90. The third-order valence-electron chi connectivity index (χ3n) is 2.88. The maximum atomic E-state index is 11.7. The number of carbonyl (C=O) groups is 1. The zero-order valence-electron chi connectivity index (χ0n) is 11.6. The first kappa shape index (κ1) is 14.6. The van der Waals surface area contributed by atoms with Crippen molar-refractivity contribution < 1.29 is 19.4 Å². The van der Waals surface area contributed by atoms with E-state index in [4.69, 9.17) is 14.6 Å². The Labute approximate surface area is 120 Å². The van der Waals surface area contributed by atoms with Crippen LogP contribution in [0, 0.1) is 0 Å². The molecule has 0 unspecified atom stereocenters. The summed E-state index contributed by atoms with van der Waals surface area (Å²) in [4.78, 5) is 22.8. The van der Waals surface area contributed by atoms with Crippen LogP contribution in [0.2, 0.25) is 0 Å². The predicted octanol–water partition coefficient (Wildman–Crippen LogP) is 1.01. The fourth-order valence-corrected chi connectivity index (χ4v) is 1.84. The molecule has 0 saturated carbocycles. The van der Waals surface area contributed by atoms with Gasteiger partial charge in [-0.2, -0.15) is 0 Å². The van der Waals surface area contributed by atoms with Gasteiger partial charge in [0.1, 0.15) is 11.3 Å². The molecule has 0 radical (unpaired) electrons. The number of benzene rings is 1. The Morgan fingerprint density at radius 3 is 2.62 bits per heavy atom. The maximum Gasteiger partial charge on any atom is 0.339 e. The van der Waals surface area contributed by atoms with Crippen molar-refractivity contribution in [3.8, 4) is 11.6 Å². The smallest absolute Gasteiger partial charge is 0.339 e. The van der Waals surface area contributed by atoms with E-state index in [9.17, 15) is 9.59 Å². The van der Waals surface area contributed by atoms with Gasteiger partial charge < -0.3 is 14.6 Å². The van der Waals surface area contributed by atoms with Crippen molar-refractivity contribution in [2.75, 3.05) is 14.2 Å². The molecule has 7 nitrogen and oxygen atoms in total. The fourth-order valence-electron chi connectivity index (χ4n) is 1.84. The number of rotatable bonds is 5. The topological polar surface area (TPSA) is 90.7 Å². The highest BCUT2D eigenvalue weighted by Gasteiger charge is 2.12. The van der Waals surface area contributed by atoms with E-state index in [1.165, 1.54) is 37.1 Å². The van der Waals surface area contributed by atoms with Crippen LogP contribution in [0.15, 0.2) is 35.1 Å². The quantitative estimate of drug-likeness (QED) is 0.883. The lowest BCUT2D eigenvalue weighted by Gasteiger charge is -2.09. The van der Waals surface area contributed by atoms with Crippen molar-refractivity contribution in [3.05, 3.63) is 51.8 Å². The molecule has 0 atom stereocenters. The van der Waals surface area contributed by atoms with Crippen LogP contribution in [-0.2, 0) is 6.54 Å². The molecule has 0 aliphatic rings. The molecule has 0 bridgehead atoms. The minimum absolute atomic E-state index is 0.0622. The molecule has 1 aromatic heterocycles. The highest BCUT2D eigenvalue weighted by Crippen LogP contribution is 2.20. The molecular formula is C14H14N2O5. The monoisotopic (exact) mass is 290 g/mol. The van der Waals surface area contributed by atoms with Gasteiger partial charge in [0, 0.05) is 12.1 Å². The van der Waals surface area contributed by atoms with E-state index in [-0.39, 0.29) is 23.4 Å². The van der Waals surface area contributed by atoms with Crippen molar-refractivity contribution in [2.24, 2.45) is 0 Å². The van der Waals surface area contributed by atoms with E-state index in [2.05, 4.69) is 5.10 Å². The predicted molar refractivity (Wildman–Crippen MR) is 74.1 cm³/mol. The third-order valence-corrected chi connectivity index (χ3v) is 2.88. The summed E-state index contributed by atoms with van der Waals surface area (Å²) in [7, 11) is 2.85. The first-order valence-corrected chi connectivity index (χ1v) is 6.07.